The van der Waals surface area contributed by atoms with Crippen LogP contribution in [0.15, 0.2) is 48.5 Å². The van der Waals surface area contributed by atoms with Crippen LogP contribution in [0.5, 0.6) is 0 Å². The first-order valence-corrected chi connectivity index (χ1v) is 6.91. The van der Waals surface area contributed by atoms with Gasteiger partial charge in [0, 0.05) is 18.8 Å². The summed E-state index contributed by atoms with van der Waals surface area (Å²) < 4.78 is 0. The second kappa shape index (κ2) is 5.74. The Bertz CT molecular complexity index is 592. The Morgan fingerprint density at radius 3 is 2.50 bits per heavy atom. The molecule has 0 saturated carbocycles. The Hall–Kier alpha value is -2.36. The maximum absolute atomic E-state index is 12.2. The average Bonchev–Trinajstić information content (AvgIpc) is 3.03. The summed E-state index contributed by atoms with van der Waals surface area (Å²) in [6.45, 7) is 2.05. The number of nitrogens with one attached hydrogen (secondary N) is 1. The summed E-state index contributed by atoms with van der Waals surface area (Å²) in [4.78, 5) is 18.9. The fourth-order valence-electron chi connectivity index (χ4n) is 2.39. The zero-order chi connectivity index (χ0) is 13.8. The van der Waals surface area contributed by atoms with Crippen molar-refractivity contribution in [2.45, 2.75) is 12.8 Å². The van der Waals surface area contributed by atoms with E-state index in [1.807, 2.05) is 42.5 Å². The van der Waals surface area contributed by atoms with E-state index in [4.69, 9.17) is 0 Å². The lowest BCUT2D eigenvalue weighted by molar-refractivity contribution is 0.102. The number of carbonyl (C=O) groups is 1. The van der Waals surface area contributed by atoms with Gasteiger partial charge in [0.2, 0.25) is 0 Å². The monoisotopic (exact) mass is 267 g/mol. The highest BCUT2D eigenvalue weighted by Gasteiger charge is 2.15. The number of aromatic nitrogens is 1. The van der Waals surface area contributed by atoms with Crippen molar-refractivity contribution in [2.24, 2.45) is 0 Å². The molecule has 1 aromatic heterocycles. The summed E-state index contributed by atoms with van der Waals surface area (Å²) in [5.74, 6) is 0.723. The number of pyridine rings is 1. The summed E-state index contributed by atoms with van der Waals surface area (Å²) >= 11 is 0. The molecule has 3 rings (SSSR count). The molecular formula is C16H17N3O. The van der Waals surface area contributed by atoms with Gasteiger partial charge >= 0.3 is 0 Å². The summed E-state index contributed by atoms with van der Waals surface area (Å²) in [5.41, 5.74) is 1.24. The van der Waals surface area contributed by atoms with Crippen molar-refractivity contribution in [3.05, 3.63) is 54.2 Å². The number of rotatable bonds is 3. The van der Waals surface area contributed by atoms with E-state index in [1.165, 1.54) is 12.8 Å². The number of benzene rings is 1. The highest BCUT2D eigenvalue weighted by Crippen LogP contribution is 2.18. The van der Waals surface area contributed by atoms with Gasteiger partial charge in [0.05, 0.1) is 0 Å². The molecule has 0 spiro atoms. The molecular weight excluding hydrogens is 250 g/mol. The maximum Gasteiger partial charge on any atom is 0.274 e. The Kier molecular flexibility index (Phi) is 3.63. The summed E-state index contributed by atoms with van der Waals surface area (Å²) in [5, 5.41) is 2.86. The van der Waals surface area contributed by atoms with E-state index in [2.05, 4.69) is 15.2 Å². The van der Waals surface area contributed by atoms with Crippen LogP contribution >= 0.6 is 0 Å². The van der Waals surface area contributed by atoms with Gasteiger partial charge in [0.1, 0.15) is 11.5 Å². The number of amides is 1. The van der Waals surface area contributed by atoms with Gasteiger partial charge in [-0.1, -0.05) is 24.3 Å². The summed E-state index contributed by atoms with van der Waals surface area (Å²) in [6, 6.07) is 15.0. The molecule has 0 aliphatic carbocycles. The molecule has 0 unspecified atom stereocenters. The van der Waals surface area contributed by atoms with E-state index in [0.29, 0.717) is 5.69 Å². The van der Waals surface area contributed by atoms with Gasteiger partial charge in [-0.2, -0.15) is 0 Å². The minimum absolute atomic E-state index is 0.169. The van der Waals surface area contributed by atoms with Crippen LogP contribution in [0.3, 0.4) is 0 Å². The van der Waals surface area contributed by atoms with E-state index in [1.54, 1.807) is 6.07 Å². The van der Waals surface area contributed by atoms with Crippen LogP contribution in [-0.2, 0) is 0 Å². The van der Waals surface area contributed by atoms with E-state index < -0.39 is 0 Å². The van der Waals surface area contributed by atoms with E-state index in [0.717, 1.165) is 24.6 Å². The molecule has 102 valence electrons. The highest BCUT2D eigenvalue weighted by molar-refractivity contribution is 6.03. The number of para-hydroxylation sites is 1. The minimum Gasteiger partial charge on any atom is -0.357 e. The molecule has 0 radical (unpaired) electrons. The first-order valence-electron chi connectivity index (χ1n) is 6.91. The Morgan fingerprint density at radius 2 is 1.75 bits per heavy atom. The van der Waals surface area contributed by atoms with Crippen molar-refractivity contribution in [2.75, 3.05) is 23.3 Å². The molecule has 4 nitrogen and oxygen atoms in total. The number of nitrogens with zero attached hydrogens (tertiary/aromatic N) is 2. The van der Waals surface area contributed by atoms with Crippen molar-refractivity contribution >= 4 is 17.4 Å². The van der Waals surface area contributed by atoms with Crippen molar-refractivity contribution in [1.29, 1.82) is 0 Å². The van der Waals surface area contributed by atoms with Crippen molar-refractivity contribution < 1.29 is 4.79 Å². The Labute approximate surface area is 118 Å². The standard InChI is InChI=1S/C16H17N3O/c20-16(17-13-7-2-1-3-8-13)14-9-6-10-15(18-14)19-11-4-5-12-19/h1-3,6-10H,4-5,11-12H2,(H,17,20). The van der Waals surface area contributed by atoms with Gasteiger partial charge in [-0.25, -0.2) is 4.98 Å². The molecule has 2 heterocycles. The quantitative estimate of drug-likeness (QED) is 0.930. The third-order valence-electron chi connectivity index (χ3n) is 3.43. The van der Waals surface area contributed by atoms with Crippen LogP contribution in [0.1, 0.15) is 23.3 Å². The van der Waals surface area contributed by atoms with Crippen LogP contribution in [0.2, 0.25) is 0 Å². The molecule has 1 saturated heterocycles. The summed E-state index contributed by atoms with van der Waals surface area (Å²) in [6.07, 6.45) is 2.39. The highest BCUT2D eigenvalue weighted by atomic mass is 16.1. The predicted octanol–water partition coefficient (Wildman–Crippen LogP) is 2.93. The van der Waals surface area contributed by atoms with Gasteiger partial charge < -0.3 is 10.2 Å². The van der Waals surface area contributed by atoms with E-state index in [-0.39, 0.29) is 5.91 Å². The number of hydrogen-bond acceptors (Lipinski definition) is 3. The van der Waals surface area contributed by atoms with Gasteiger partial charge in [-0.15, -0.1) is 0 Å². The number of anilines is 2. The molecule has 0 atom stereocenters. The third-order valence-corrected chi connectivity index (χ3v) is 3.43. The Balaban J connectivity index is 1.76. The fourth-order valence-corrected chi connectivity index (χ4v) is 2.39. The van der Waals surface area contributed by atoms with E-state index in [9.17, 15) is 4.79 Å². The normalized spacial score (nSPS) is 14.3. The van der Waals surface area contributed by atoms with Crippen LogP contribution in [-0.4, -0.2) is 24.0 Å². The van der Waals surface area contributed by atoms with Crippen LogP contribution < -0.4 is 10.2 Å². The molecule has 1 aromatic carbocycles. The van der Waals surface area contributed by atoms with E-state index >= 15 is 0 Å². The number of carbonyl (C=O) groups excluding carboxylic acids is 1. The lowest BCUT2D eigenvalue weighted by atomic mass is 10.3. The minimum atomic E-state index is -0.169. The van der Waals surface area contributed by atoms with Crippen molar-refractivity contribution in [3.8, 4) is 0 Å². The maximum atomic E-state index is 12.2. The van der Waals surface area contributed by atoms with Gasteiger partial charge in [-0.3, -0.25) is 4.79 Å². The lowest BCUT2D eigenvalue weighted by Crippen LogP contribution is -2.21. The molecule has 1 amide bonds. The molecule has 1 fully saturated rings. The second-order valence-corrected chi connectivity index (χ2v) is 4.90. The van der Waals surface area contributed by atoms with Crippen molar-refractivity contribution in [1.82, 2.24) is 4.98 Å². The molecule has 1 aliphatic heterocycles. The smallest absolute Gasteiger partial charge is 0.274 e. The first kappa shape index (κ1) is 12.7. The molecule has 20 heavy (non-hydrogen) atoms. The van der Waals surface area contributed by atoms with Crippen LogP contribution in [0, 0.1) is 0 Å². The summed E-state index contributed by atoms with van der Waals surface area (Å²) in [7, 11) is 0. The molecule has 1 N–H and O–H groups in total. The largest absolute Gasteiger partial charge is 0.357 e. The second-order valence-electron chi connectivity index (χ2n) is 4.90. The topological polar surface area (TPSA) is 45.2 Å². The average molecular weight is 267 g/mol. The molecule has 2 aromatic rings. The lowest BCUT2D eigenvalue weighted by Gasteiger charge is -2.16. The van der Waals surface area contributed by atoms with Gasteiger partial charge in [0.15, 0.2) is 0 Å². The first-order chi connectivity index (χ1) is 9.83. The molecule has 4 heteroatoms. The molecule has 1 aliphatic rings. The fraction of sp³-hybridized carbons (Fsp3) is 0.250. The van der Waals surface area contributed by atoms with Crippen LogP contribution in [0.25, 0.3) is 0 Å². The number of hydrogen-bond donors (Lipinski definition) is 1. The predicted molar refractivity (Wildman–Crippen MR) is 80.1 cm³/mol. The zero-order valence-corrected chi connectivity index (χ0v) is 11.2. The zero-order valence-electron chi connectivity index (χ0n) is 11.2. The van der Waals surface area contributed by atoms with Crippen molar-refractivity contribution in [3.63, 3.8) is 0 Å². The third kappa shape index (κ3) is 2.79. The SMILES string of the molecule is O=C(Nc1ccccc1)c1cccc(N2CCCC2)n1. The Morgan fingerprint density at radius 1 is 1.00 bits per heavy atom. The van der Waals surface area contributed by atoms with Gasteiger partial charge in [-0.05, 0) is 37.1 Å². The molecule has 0 bridgehead atoms. The van der Waals surface area contributed by atoms with Crippen LogP contribution in [0.4, 0.5) is 11.5 Å². The van der Waals surface area contributed by atoms with Gasteiger partial charge in [0.25, 0.3) is 5.91 Å².